The highest BCUT2D eigenvalue weighted by molar-refractivity contribution is 5.76. The molecule has 0 aromatic heterocycles. The van der Waals surface area contributed by atoms with Crippen LogP contribution in [-0.4, -0.2) is 23.9 Å². The van der Waals surface area contributed by atoms with Crippen molar-refractivity contribution in [3.8, 4) is 0 Å². The smallest absolute Gasteiger partial charge is 0.222 e. The zero-order valence-electron chi connectivity index (χ0n) is 10.9. The molecule has 2 aliphatic rings. The Morgan fingerprint density at radius 3 is 2.67 bits per heavy atom. The number of aryl methyl sites for hydroxylation is 1. The largest absolute Gasteiger partial charge is 0.342 e. The van der Waals surface area contributed by atoms with Crippen molar-refractivity contribution in [1.29, 1.82) is 0 Å². The molecule has 18 heavy (non-hydrogen) atoms. The van der Waals surface area contributed by atoms with Crippen LogP contribution < -0.4 is 0 Å². The second-order valence-corrected chi connectivity index (χ2v) is 5.90. The maximum absolute atomic E-state index is 12.2. The summed E-state index contributed by atoms with van der Waals surface area (Å²) in [7, 11) is 0. The topological polar surface area (TPSA) is 20.3 Å². The van der Waals surface area contributed by atoms with Gasteiger partial charge in [-0.3, -0.25) is 4.79 Å². The van der Waals surface area contributed by atoms with E-state index in [4.69, 9.17) is 0 Å². The van der Waals surface area contributed by atoms with Gasteiger partial charge in [-0.1, -0.05) is 30.3 Å². The monoisotopic (exact) mass is 243 g/mol. The quantitative estimate of drug-likeness (QED) is 0.799. The molecule has 0 bridgehead atoms. The number of carbonyl (C=O) groups is 1. The van der Waals surface area contributed by atoms with Crippen LogP contribution in [0.15, 0.2) is 30.3 Å². The van der Waals surface area contributed by atoms with Crippen molar-refractivity contribution in [1.82, 2.24) is 4.90 Å². The molecule has 1 amide bonds. The maximum Gasteiger partial charge on any atom is 0.222 e. The van der Waals surface area contributed by atoms with Crippen molar-refractivity contribution in [2.45, 2.75) is 38.5 Å². The van der Waals surface area contributed by atoms with Gasteiger partial charge in [0.15, 0.2) is 0 Å². The van der Waals surface area contributed by atoms with Gasteiger partial charge < -0.3 is 4.90 Å². The van der Waals surface area contributed by atoms with Crippen molar-refractivity contribution in [2.75, 3.05) is 13.1 Å². The van der Waals surface area contributed by atoms with Gasteiger partial charge in [0, 0.05) is 19.5 Å². The van der Waals surface area contributed by atoms with E-state index in [0.29, 0.717) is 17.7 Å². The summed E-state index contributed by atoms with van der Waals surface area (Å²) in [4.78, 5) is 14.3. The zero-order valence-corrected chi connectivity index (χ0v) is 10.9. The fraction of sp³-hybridized carbons (Fsp3) is 0.562. The first-order chi connectivity index (χ1) is 8.77. The molecule has 1 aliphatic heterocycles. The average Bonchev–Trinajstić information content (AvgIpc) is 3.16. The summed E-state index contributed by atoms with van der Waals surface area (Å²) in [5, 5.41) is 0. The predicted molar refractivity (Wildman–Crippen MR) is 72.2 cm³/mol. The van der Waals surface area contributed by atoms with Crippen LogP contribution >= 0.6 is 0 Å². The average molecular weight is 243 g/mol. The molecule has 1 heterocycles. The third kappa shape index (κ3) is 2.58. The molecule has 0 unspecified atom stereocenters. The molecule has 2 heteroatoms. The van der Waals surface area contributed by atoms with Crippen LogP contribution in [0.25, 0.3) is 0 Å². The van der Waals surface area contributed by atoms with Crippen LogP contribution in [0.3, 0.4) is 0 Å². The maximum atomic E-state index is 12.2. The molecule has 1 aromatic carbocycles. The Kier molecular flexibility index (Phi) is 3.11. The fourth-order valence-electron chi connectivity index (χ4n) is 3.06. The molecular weight excluding hydrogens is 222 g/mol. The van der Waals surface area contributed by atoms with Crippen LogP contribution in [0.1, 0.15) is 37.7 Å². The second kappa shape index (κ2) is 4.75. The van der Waals surface area contributed by atoms with Crippen molar-refractivity contribution >= 4 is 5.91 Å². The lowest BCUT2D eigenvalue weighted by Crippen LogP contribution is -2.40. The highest BCUT2D eigenvalue weighted by Crippen LogP contribution is 2.52. The van der Waals surface area contributed by atoms with E-state index in [1.165, 1.54) is 31.2 Å². The Morgan fingerprint density at radius 2 is 1.94 bits per heavy atom. The third-order valence-electron chi connectivity index (χ3n) is 4.44. The summed E-state index contributed by atoms with van der Waals surface area (Å²) in [6.45, 7) is 2.01. The SMILES string of the molecule is O=C(CCc1ccccc1)N1CCCC2(CC2)C1. The van der Waals surface area contributed by atoms with Crippen LogP contribution in [0.2, 0.25) is 0 Å². The second-order valence-electron chi connectivity index (χ2n) is 5.90. The lowest BCUT2D eigenvalue weighted by molar-refractivity contribution is -0.133. The number of amides is 1. The number of benzene rings is 1. The van der Waals surface area contributed by atoms with Gasteiger partial charge in [0.1, 0.15) is 0 Å². The third-order valence-corrected chi connectivity index (χ3v) is 4.44. The molecular formula is C16H21NO. The lowest BCUT2D eigenvalue weighted by Gasteiger charge is -2.33. The van der Waals surface area contributed by atoms with E-state index in [0.717, 1.165) is 19.5 Å². The summed E-state index contributed by atoms with van der Waals surface area (Å²) >= 11 is 0. The van der Waals surface area contributed by atoms with Crippen molar-refractivity contribution in [3.05, 3.63) is 35.9 Å². The van der Waals surface area contributed by atoms with Gasteiger partial charge in [-0.2, -0.15) is 0 Å². The Labute approximate surface area is 109 Å². The van der Waals surface area contributed by atoms with E-state index in [1.54, 1.807) is 0 Å². The minimum Gasteiger partial charge on any atom is -0.342 e. The molecule has 1 aliphatic carbocycles. The van der Waals surface area contributed by atoms with Gasteiger partial charge in [0.05, 0.1) is 0 Å². The van der Waals surface area contributed by atoms with Crippen LogP contribution in [0.4, 0.5) is 0 Å². The number of piperidine rings is 1. The number of hydrogen-bond donors (Lipinski definition) is 0. The number of nitrogens with zero attached hydrogens (tertiary/aromatic N) is 1. The standard InChI is InChI=1S/C16H21NO/c18-15(8-7-14-5-2-1-3-6-14)17-12-4-9-16(13-17)10-11-16/h1-3,5-6H,4,7-13H2. The number of likely N-dealkylation sites (tertiary alicyclic amines) is 1. The van der Waals surface area contributed by atoms with Gasteiger partial charge in [0.2, 0.25) is 5.91 Å². The number of carbonyl (C=O) groups excluding carboxylic acids is 1. The van der Waals surface area contributed by atoms with Gasteiger partial charge in [-0.25, -0.2) is 0 Å². The minimum absolute atomic E-state index is 0.352. The summed E-state index contributed by atoms with van der Waals surface area (Å²) in [6, 6.07) is 10.3. The molecule has 0 atom stereocenters. The zero-order chi connectivity index (χ0) is 12.4. The van der Waals surface area contributed by atoms with Crippen molar-refractivity contribution < 1.29 is 4.79 Å². The molecule has 0 radical (unpaired) electrons. The van der Waals surface area contributed by atoms with E-state index in [2.05, 4.69) is 17.0 Å². The molecule has 1 saturated heterocycles. The molecule has 1 aromatic rings. The van der Waals surface area contributed by atoms with E-state index in [-0.39, 0.29) is 0 Å². The van der Waals surface area contributed by atoms with Crippen LogP contribution in [0, 0.1) is 5.41 Å². The summed E-state index contributed by atoms with van der Waals surface area (Å²) in [6.07, 6.45) is 6.78. The normalized spacial score (nSPS) is 21.0. The van der Waals surface area contributed by atoms with E-state index < -0.39 is 0 Å². The Bertz CT molecular complexity index is 422. The minimum atomic E-state index is 0.352. The fourth-order valence-corrected chi connectivity index (χ4v) is 3.06. The molecule has 96 valence electrons. The summed E-state index contributed by atoms with van der Waals surface area (Å²) in [5.74, 6) is 0.352. The Morgan fingerprint density at radius 1 is 1.17 bits per heavy atom. The first kappa shape index (κ1) is 11.8. The molecule has 3 rings (SSSR count). The van der Waals surface area contributed by atoms with Crippen LogP contribution in [-0.2, 0) is 11.2 Å². The summed E-state index contributed by atoms with van der Waals surface area (Å²) in [5.41, 5.74) is 1.81. The molecule has 1 saturated carbocycles. The highest BCUT2D eigenvalue weighted by atomic mass is 16.2. The van der Waals surface area contributed by atoms with E-state index >= 15 is 0 Å². The Balaban J connectivity index is 1.52. The first-order valence-corrected chi connectivity index (χ1v) is 7.09. The Hall–Kier alpha value is -1.31. The predicted octanol–water partition coefficient (Wildman–Crippen LogP) is 3.02. The first-order valence-electron chi connectivity index (χ1n) is 7.09. The van der Waals surface area contributed by atoms with Gasteiger partial charge in [-0.15, -0.1) is 0 Å². The summed E-state index contributed by atoms with van der Waals surface area (Å²) < 4.78 is 0. The number of hydrogen-bond acceptors (Lipinski definition) is 1. The number of rotatable bonds is 3. The van der Waals surface area contributed by atoms with E-state index in [9.17, 15) is 4.79 Å². The van der Waals surface area contributed by atoms with Crippen molar-refractivity contribution in [3.63, 3.8) is 0 Å². The van der Waals surface area contributed by atoms with Gasteiger partial charge >= 0.3 is 0 Å². The van der Waals surface area contributed by atoms with Gasteiger partial charge in [-0.05, 0) is 43.1 Å². The lowest BCUT2D eigenvalue weighted by atomic mass is 9.94. The van der Waals surface area contributed by atoms with E-state index in [1.807, 2.05) is 18.2 Å². The van der Waals surface area contributed by atoms with Crippen LogP contribution in [0.5, 0.6) is 0 Å². The molecule has 2 fully saturated rings. The van der Waals surface area contributed by atoms with Crippen molar-refractivity contribution in [2.24, 2.45) is 5.41 Å². The molecule has 2 nitrogen and oxygen atoms in total. The molecule has 1 spiro atoms. The highest BCUT2D eigenvalue weighted by Gasteiger charge is 2.46. The van der Waals surface area contributed by atoms with Gasteiger partial charge in [0.25, 0.3) is 0 Å². The molecule has 0 N–H and O–H groups in total.